The standard InChI is InChI=1S/C16H16F3NO/c1-11-4-2-7-14(8-11)20-10-15(21)12-5-3-6-13(9-12)16(17,18)19/h2-9,15,20-21H,10H2,1H3. The van der Waals surface area contributed by atoms with Gasteiger partial charge in [0.15, 0.2) is 0 Å². The number of hydrogen-bond acceptors (Lipinski definition) is 2. The molecular weight excluding hydrogens is 279 g/mol. The summed E-state index contributed by atoms with van der Waals surface area (Å²) in [6.45, 7) is 2.08. The van der Waals surface area contributed by atoms with Gasteiger partial charge in [-0.15, -0.1) is 0 Å². The molecule has 1 unspecified atom stereocenters. The monoisotopic (exact) mass is 295 g/mol. The molecule has 0 aromatic heterocycles. The van der Waals surface area contributed by atoms with Crippen molar-refractivity contribution in [1.82, 2.24) is 0 Å². The second-order valence-corrected chi connectivity index (χ2v) is 4.89. The molecule has 0 spiro atoms. The summed E-state index contributed by atoms with van der Waals surface area (Å²) in [5, 5.41) is 13.0. The predicted octanol–water partition coefficient (Wildman–Crippen LogP) is 4.16. The van der Waals surface area contributed by atoms with E-state index in [-0.39, 0.29) is 12.1 Å². The number of aliphatic hydroxyl groups excluding tert-OH is 1. The Labute approximate surface area is 121 Å². The average molecular weight is 295 g/mol. The van der Waals surface area contributed by atoms with Crippen LogP contribution in [0.3, 0.4) is 0 Å². The summed E-state index contributed by atoms with van der Waals surface area (Å²) in [5.74, 6) is 0. The van der Waals surface area contributed by atoms with Gasteiger partial charge in [-0.05, 0) is 42.3 Å². The van der Waals surface area contributed by atoms with Gasteiger partial charge in [0.1, 0.15) is 0 Å². The molecule has 0 aliphatic heterocycles. The minimum atomic E-state index is -4.40. The van der Waals surface area contributed by atoms with E-state index in [2.05, 4.69) is 5.32 Å². The summed E-state index contributed by atoms with van der Waals surface area (Å²) < 4.78 is 37.9. The predicted molar refractivity (Wildman–Crippen MR) is 76.1 cm³/mol. The van der Waals surface area contributed by atoms with Crippen molar-refractivity contribution in [1.29, 1.82) is 0 Å². The van der Waals surface area contributed by atoms with Gasteiger partial charge in [0.05, 0.1) is 11.7 Å². The van der Waals surface area contributed by atoms with Gasteiger partial charge < -0.3 is 10.4 Å². The lowest BCUT2D eigenvalue weighted by Crippen LogP contribution is -2.13. The van der Waals surface area contributed by atoms with Gasteiger partial charge in [0.2, 0.25) is 0 Å². The smallest absolute Gasteiger partial charge is 0.387 e. The highest BCUT2D eigenvalue weighted by Gasteiger charge is 2.30. The maximum Gasteiger partial charge on any atom is 0.416 e. The molecular formula is C16H16F3NO. The second-order valence-electron chi connectivity index (χ2n) is 4.89. The van der Waals surface area contributed by atoms with Crippen molar-refractivity contribution in [2.75, 3.05) is 11.9 Å². The Balaban J connectivity index is 2.05. The Morgan fingerprint density at radius 3 is 2.48 bits per heavy atom. The highest BCUT2D eigenvalue weighted by Crippen LogP contribution is 2.30. The Bertz CT molecular complexity index is 610. The van der Waals surface area contributed by atoms with Crippen molar-refractivity contribution in [3.05, 3.63) is 65.2 Å². The van der Waals surface area contributed by atoms with Crippen LogP contribution in [-0.2, 0) is 6.18 Å². The number of aryl methyl sites for hydroxylation is 1. The maximum absolute atomic E-state index is 12.6. The number of alkyl halides is 3. The molecule has 0 fully saturated rings. The van der Waals surface area contributed by atoms with E-state index < -0.39 is 17.8 Å². The minimum Gasteiger partial charge on any atom is -0.387 e. The van der Waals surface area contributed by atoms with Gasteiger partial charge >= 0.3 is 6.18 Å². The molecule has 0 saturated carbocycles. The number of anilines is 1. The lowest BCUT2D eigenvalue weighted by Gasteiger charge is -2.15. The first-order valence-electron chi connectivity index (χ1n) is 6.52. The molecule has 5 heteroatoms. The lowest BCUT2D eigenvalue weighted by molar-refractivity contribution is -0.137. The highest BCUT2D eigenvalue weighted by atomic mass is 19.4. The molecule has 2 nitrogen and oxygen atoms in total. The molecule has 1 atom stereocenters. The van der Waals surface area contributed by atoms with Gasteiger partial charge in [-0.3, -0.25) is 0 Å². The van der Waals surface area contributed by atoms with Crippen molar-refractivity contribution >= 4 is 5.69 Å². The van der Waals surface area contributed by atoms with E-state index in [1.165, 1.54) is 12.1 Å². The van der Waals surface area contributed by atoms with Crippen molar-refractivity contribution in [2.24, 2.45) is 0 Å². The number of rotatable bonds is 4. The Morgan fingerprint density at radius 2 is 1.81 bits per heavy atom. The number of benzene rings is 2. The SMILES string of the molecule is Cc1cccc(NCC(O)c2cccc(C(F)(F)F)c2)c1. The van der Waals surface area contributed by atoms with Crippen LogP contribution >= 0.6 is 0 Å². The van der Waals surface area contributed by atoms with Crippen molar-refractivity contribution in [3.63, 3.8) is 0 Å². The zero-order chi connectivity index (χ0) is 15.5. The number of halogens is 3. The fourth-order valence-corrected chi connectivity index (χ4v) is 2.01. The van der Waals surface area contributed by atoms with Gasteiger partial charge in [-0.2, -0.15) is 13.2 Å². The van der Waals surface area contributed by atoms with Crippen molar-refractivity contribution in [2.45, 2.75) is 19.2 Å². The lowest BCUT2D eigenvalue weighted by atomic mass is 10.1. The van der Waals surface area contributed by atoms with Crippen molar-refractivity contribution in [3.8, 4) is 0 Å². The van der Waals surface area contributed by atoms with Gasteiger partial charge in [0.25, 0.3) is 0 Å². The quantitative estimate of drug-likeness (QED) is 0.887. The van der Waals surface area contributed by atoms with E-state index in [1.807, 2.05) is 31.2 Å². The maximum atomic E-state index is 12.6. The first kappa shape index (κ1) is 15.4. The molecule has 2 aromatic rings. The van der Waals surface area contributed by atoms with E-state index in [0.29, 0.717) is 0 Å². The largest absolute Gasteiger partial charge is 0.416 e. The van der Waals surface area contributed by atoms with Crippen LogP contribution in [-0.4, -0.2) is 11.7 Å². The van der Waals surface area contributed by atoms with Crippen LogP contribution in [0.4, 0.5) is 18.9 Å². The third kappa shape index (κ3) is 4.23. The van der Waals surface area contributed by atoms with Crippen LogP contribution in [0.25, 0.3) is 0 Å². The summed E-state index contributed by atoms with van der Waals surface area (Å²) in [6.07, 6.45) is -5.41. The molecule has 0 saturated heterocycles. The van der Waals surface area contributed by atoms with E-state index in [1.54, 1.807) is 0 Å². The molecule has 0 aliphatic carbocycles. The van der Waals surface area contributed by atoms with Crippen LogP contribution in [0, 0.1) is 6.92 Å². The molecule has 0 bridgehead atoms. The molecule has 0 aliphatic rings. The van der Waals surface area contributed by atoms with E-state index >= 15 is 0 Å². The second kappa shape index (κ2) is 6.18. The first-order valence-corrected chi connectivity index (χ1v) is 6.52. The third-order valence-electron chi connectivity index (χ3n) is 3.12. The Hall–Kier alpha value is -2.01. The molecule has 112 valence electrons. The van der Waals surface area contributed by atoms with Gasteiger partial charge in [-0.1, -0.05) is 24.3 Å². The molecule has 2 rings (SSSR count). The van der Waals surface area contributed by atoms with Crippen LogP contribution in [0.1, 0.15) is 22.8 Å². The summed E-state index contributed by atoms with van der Waals surface area (Å²) in [6, 6.07) is 12.3. The highest BCUT2D eigenvalue weighted by molar-refractivity contribution is 5.45. The third-order valence-corrected chi connectivity index (χ3v) is 3.12. The molecule has 2 aromatic carbocycles. The summed E-state index contributed by atoms with van der Waals surface area (Å²) in [7, 11) is 0. The normalized spacial score (nSPS) is 13.0. The summed E-state index contributed by atoms with van der Waals surface area (Å²) >= 11 is 0. The summed E-state index contributed by atoms with van der Waals surface area (Å²) in [4.78, 5) is 0. The first-order chi connectivity index (χ1) is 9.86. The fraction of sp³-hybridized carbons (Fsp3) is 0.250. The summed E-state index contributed by atoms with van der Waals surface area (Å²) in [5.41, 5.74) is 1.37. The molecule has 0 radical (unpaired) electrons. The Kier molecular flexibility index (Phi) is 4.53. The van der Waals surface area contributed by atoms with E-state index in [9.17, 15) is 18.3 Å². The van der Waals surface area contributed by atoms with E-state index in [4.69, 9.17) is 0 Å². The Morgan fingerprint density at radius 1 is 1.10 bits per heavy atom. The molecule has 0 heterocycles. The van der Waals surface area contributed by atoms with Gasteiger partial charge in [-0.25, -0.2) is 0 Å². The van der Waals surface area contributed by atoms with Gasteiger partial charge in [0, 0.05) is 12.2 Å². The van der Waals surface area contributed by atoms with Crippen LogP contribution in [0.5, 0.6) is 0 Å². The van der Waals surface area contributed by atoms with E-state index in [0.717, 1.165) is 23.4 Å². The van der Waals surface area contributed by atoms with Crippen LogP contribution < -0.4 is 5.32 Å². The fourth-order valence-electron chi connectivity index (χ4n) is 2.01. The zero-order valence-electron chi connectivity index (χ0n) is 11.5. The van der Waals surface area contributed by atoms with Crippen molar-refractivity contribution < 1.29 is 18.3 Å². The average Bonchev–Trinajstić information content (AvgIpc) is 2.44. The zero-order valence-corrected chi connectivity index (χ0v) is 11.5. The molecule has 21 heavy (non-hydrogen) atoms. The molecule has 0 amide bonds. The topological polar surface area (TPSA) is 32.3 Å². The van der Waals surface area contributed by atoms with Crippen LogP contribution in [0.15, 0.2) is 48.5 Å². The minimum absolute atomic E-state index is 0.144. The number of hydrogen-bond donors (Lipinski definition) is 2. The number of aliphatic hydroxyl groups is 1. The van der Waals surface area contributed by atoms with Crippen LogP contribution in [0.2, 0.25) is 0 Å². The number of nitrogens with one attached hydrogen (secondary N) is 1. The molecule has 2 N–H and O–H groups in total.